The Balaban J connectivity index is 0.000000833. The highest BCUT2D eigenvalue weighted by molar-refractivity contribution is 7.62. The van der Waals surface area contributed by atoms with Gasteiger partial charge < -0.3 is 81.7 Å². The molecule has 14 N–H and O–H groups in total. The van der Waals surface area contributed by atoms with E-state index in [4.69, 9.17) is 73.1 Å². The van der Waals surface area contributed by atoms with Crippen molar-refractivity contribution in [3.63, 3.8) is 0 Å². The fourth-order valence-corrected chi connectivity index (χ4v) is 4.94. The number of nitrogens with two attached hydrogens (primary N) is 6. The Kier molecular flexibility index (Phi) is 22.9. The summed E-state index contributed by atoms with van der Waals surface area (Å²) < 4.78 is 63.8. The van der Waals surface area contributed by atoms with Crippen LogP contribution in [0.3, 0.4) is 0 Å². The topological polar surface area (TPSA) is 438 Å². The molecule has 58 heavy (non-hydrogen) atoms. The number of carbonyl (C=O) groups is 2. The molecule has 0 amide bonds. The summed E-state index contributed by atoms with van der Waals surface area (Å²) in [6, 6.07) is 1.84. The van der Waals surface area contributed by atoms with Gasteiger partial charge in [0, 0.05) is 0 Å². The van der Waals surface area contributed by atoms with Crippen molar-refractivity contribution >= 4 is 69.8 Å². The molecule has 0 aliphatic rings. The van der Waals surface area contributed by atoms with E-state index < -0.39 is 28.2 Å². The SMILES string of the molecule is C.CP(C)(=O)COCCOc1nc(N)nc(N)c1C#N.CP(C)(=O)COCCOc1nc(N)nc(N)c1C=O.Nc1nc(N)c(C=O)c(OCCOCP(=O)(O)O)n1. The number of carbonyl (C=O) groups excluding carboxylic acids is 2. The number of aldehydes is 2. The zero-order chi connectivity index (χ0) is 43.4. The molecule has 0 saturated carbocycles. The number of aromatic nitrogens is 6. The van der Waals surface area contributed by atoms with Crippen molar-refractivity contribution in [3.8, 4) is 23.7 Å². The van der Waals surface area contributed by atoms with E-state index in [0.29, 0.717) is 12.6 Å². The van der Waals surface area contributed by atoms with Gasteiger partial charge in [-0.2, -0.15) is 35.2 Å². The minimum atomic E-state index is -4.21. The van der Waals surface area contributed by atoms with Crippen molar-refractivity contribution < 1.29 is 61.5 Å². The number of rotatable bonds is 20. The average molecular weight is 882 g/mol. The van der Waals surface area contributed by atoms with Gasteiger partial charge >= 0.3 is 7.60 Å². The van der Waals surface area contributed by atoms with Crippen LogP contribution in [-0.4, -0.2) is 138 Å². The highest BCUT2D eigenvalue weighted by atomic mass is 31.2. The van der Waals surface area contributed by atoms with E-state index in [1.54, 1.807) is 26.7 Å². The summed E-state index contributed by atoms with van der Waals surface area (Å²) in [7, 11) is -8.62. The molecule has 0 spiro atoms. The quantitative estimate of drug-likeness (QED) is 0.0436. The van der Waals surface area contributed by atoms with E-state index in [1.807, 2.05) is 6.07 Å². The van der Waals surface area contributed by atoms with Crippen molar-refractivity contribution in [2.24, 2.45) is 0 Å². The minimum Gasteiger partial charge on any atom is -0.475 e. The van der Waals surface area contributed by atoms with Gasteiger partial charge in [0.1, 0.15) is 69.3 Å². The second-order valence-electron chi connectivity index (χ2n) is 11.8. The number of hydrogen-bond acceptors (Lipinski definition) is 24. The van der Waals surface area contributed by atoms with Crippen LogP contribution in [0.2, 0.25) is 0 Å². The van der Waals surface area contributed by atoms with E-state index in [9.17, 15) is 23.3 Å². The summed E-state index contributed by atoms with van der Waals surface area (Å²) in [4.78, 5) is 60.8. The van der Waals surface area contributed by atoms with Crippen LogP contribution in [0.25, 0.3) is 0 Å². The molecule has 0 aliphatic carbocycles. The molecule has 3 rings (SSSR count). The second-order valence-corrected chi connectivity index (χ2v) is 20.2. The molecule has 0 atom stereocenters. The normalized spacial score (nSPS) is 11.0. The van der Waals surface area contributed by atoms with Gasteiger partial charge in [0.15, 0.2) is 24.0 Å². The van der Waals surface area contributed by atoms with E-state index in [-0.39, 0.29) is 129 Å². The summed E-state index contributed by atoms with van der Waals surface area (Å²) >= 11 is 0. The molecule has 0 aliphatic heterocycles. The van der Waals surface area contributed by atoms with E-state index in [2.05, 4.69) is 34.6 Å². The minimum absolute atomic E-state index is 0. The average Bonchev–Trinajstić information content (AvgIpc) is 3.06. The van der Waals surface area contributed by atoms with Gasteiger partial charge in [0.2, 0.25) is 35.5 Å². The molecule has 0 unspecified atom stereocenters. The van der Waals surface area contributed by atoms with Gasteiger partial charge in [-0.25, -0.2) is 0 Å². The Labute approximate surface area is 333 Å². The molecular weight excluding hydrogens is 831 g/mol. The van der Waals surface area contributed by atoms with Crippen molar-refractivity contribution in [1.29, 1.82) is 5.26 Å². The van der Waals surface area contributed by atoms with Crippen LogP contribution >= 0.6 is 21.9 Å². The molecule has 26 nitrogen and oxygen atoms in total. The van der Waals surface area contributed by atoms with Crippen molar-refractivity contribution in [3.05, 3.63) is 16.7 Å². The van der Waals surface area contributed by atoms with Crippen LogP contribution < -0.4 is 48.6 Å². The number of nitrogens with zero attached hydrogens (tertiary/aromatic N) is 7. The van der Waals surface area contributed by atoms with Crippen LogP contribution in [0.5, 0.6) is 17.6 Å². The molecule has 0 radical (unpaired) electrons. The lowest BCUT2D eigenvalue weighted by Gasteiger charge is -2.10. The Hall–Kier alpha value is -5.24. The molecule has 3 heterocycles. The first-order chi connectivity index (χ1) is 26.5. The molecule has 29 heteroatoms. The number of nitrogen functional groups attached to an aromatic ring is 6. The highest BCUT2D eigenvalue weighted by Gasteiger charge is 2.16. The van der Waals surface area contributed by atoms with Crippen LogP contribution in [0.1, 0.15) is 33.7 Å². The lowest BCUT2D eigenvalue weighted by molar-refractivity contribution is 0.109. The van der Waals surface area contributed by atoms with E-state index >= 15 is 0 Å². The Morgan fingerprint density at radius 1 is 0.569 bits per heavy atom. The predicted molar refractivity (Wildman–Crippen MR) is 215 cm³/mol. The maximum atomic E-state index is 11.4. The zero-order valence-corrected chi connectivity index (χ0v) is 34.0. The van der Waals surface area contributed by atoms with Crippen molar-refractivity contribution in [1.82, 2.24) is 29.9 Å². The molecule has 0 aromatic carbocycles. The molecule has 324 valence electrons. The number of anilines is 6. The fourth-order valence-electron chi connectivity index (χ4n) is 3.43. The molecule has 0 fully saturated rings. The Morgan fingerprint density at radius 2 is 0.897 bits per heavy atom. The van der Waals surface area contributed by atoms with Crippen molar-refractivity contribution in [2.45, 2.75) is 7.43 Å². The van der Waals surface area contributed by atoms with Gasteiger partial charge in [-0.05, 0) is 26.7 Å². The molecule has 3 aromatic heterocycles. The van der Waals surface area contributed by atoms with Crippen molar-refractivity contribution in [2.75, 3.05) is 120 Å². The smallest absolute Gasteiger partial charge is 0.350 e. The van der Waals surface area contributed by atoms with Gasteiger partial charge in [-0.1, -0.05) is 7.43 Å². The first-order valence-corrected chi connectivity index (χ1v) is 23.2. The largest absolute Gasteiger partial charge is 0.475 e. The predicted octanol–water partition coefficient (Wildman–Crippen LogP) is 0.538. The van der Waals surface area contributed by atoms with Crippen LogP contribution in [0.15, 0.2) is 0 Å². The molecular formula is C29H50N13O13P3. The van der Waals surface area contributed by atoms with E-state index in [0.717, 1.165) is 0 Å². The summed E-state index contributed by atoms with van der Waals surface area (Å²) in [6.07, 6.45) is 0.545. The first kappa shape index (κ1) is 52.8. The molecule has 0 saturated heterocycles. The number of nitriles is 1. The van der Waals surface area contributed by atoms with Gasteiger partial charge in [0.05, 0.1) is 32.5 Å². The zero-order valence-electron chi connectivity index (χ0n) is 31.3. The van der Waals surface area contributed by atoms with Gasteiger partial charge in [0.25, 0.3) is 0 Å². The Bertz CT molecular complexity index is 1900. The fraction of sp³-hybridized carbons (Fsp3) is 0.483. The Morgan fingerprint density at radius 3 is 1.22 bits per heavy atom. The third-order valence-corrected chi connectivity index (χ3v) is 7.77. The lowest BCUT2D eigenvalue weighted by Crippen LogP contribution is -2.12. The van der Waals surface area contributed by atoms with Gasteiger partial charge in [-0.15, -0.1) is 0 Å². The van der Waals surface area contributed by atoms with Gasteiger partial charge in [-0.3, -0.25) is 14.2 Å². The van der Waals surface area contributed by atoms with Crippen LogP contribution in [0, 0.1) is 11.3 Å². The third-order valence-electron chi connectivity index (χ3n) is 5.65. The van der Waals surface area contributed by atoms with E-state index in [1.165, 1.54) is 0 Å². The summed E-state index contributed by atoms with van der Waals surface area (Å²) in [5.41, 5.74) is 32.7. The van der Waals surface area contributed by atoms with Crippen LogP contribution in [0.4, 0.5) is 35.3 Å². The first-order valence-electron chi connectivity index (χ1n) is 15.8. The number of ether oxygens (including phenoxy) is 6. The lowest BCUT2D eigenvalue weighted by atomic mass is 10.3. The second kappa shape index (κ2) is 25.2. The molecule has 0 bridgehead atoms. The number of hydrogen-bond donors (Lipinski definition) is 8. The monoisotopic (exact) mass is 881 g/mol. The van der Waals surface area contributed by atoms with Crippen LogP contribution in [-0.2, 0) is 27.9 Å². The third kappa shape index (κ3) is 21.9. The molecule has 3 aromatic rings. The summed E-state index contributed by atoms with van der Waals surface area (Å²) in [5.74, 6) is -0.568. The standard InChI is InChI=1S/C10H16N5O3P.C10H17N4O4P.C8H13N4O6P.CH4/c1-19(2,16)6-17-3-4-18-9-7(5-11)8(12)14-10(13)15-9;1-19(2,16)6-17-3-4-18-9-7(5-15)8(11)13-10(12)14-9;9-6-5(3-13)7(12-8(10)11-6)18-2-1-17-4-19(14,15)16;/h3-4,6H2,1-2H3,(H4,12,13,14,15);5H,3-4,6H2,1-2H3,(H4,11,12,13,14);3H,1-2,4H2,(H2,14,15,16)(H4,9,10,11,12);1H4. The summed E-state index contributed by atoms with van der Waals surface area (Å²) in [5, 5.41) is 8.90. The maximum Gasteiger partial charge on any atom is 0.350 e. The summed E-state index contributed by atoms with van der Waals surface area (Å²) in [6.45, 7) is 7.05. The highest BCUT2D eigenvalue weighted by Crippen LogP contribution is 2.36. The maximum absolute atomic E-state index is 11.4.